The summed E-state index contributed by atoms with van der Waals surface area (Å²) in [7, 11) is 0. The molecule has 16 nitrogen and oxygen atoms in total. The first-order valence-corrected chi connectivity index (χ1v) is 21.0. The van der Waals surface area contributed by atoms with E-state index in [9.17, 15) is 19.6 Å². The predicted octanol–water partition coefficient (Wildman–Crippen LogP) is 5.50. The average Bonchev–Trinajstić information content (AvgIpc) is 3.91. The molecule has 2 fully saturated rings. The molecule has 62 heavy (non-hydrogen) atoms. The Morgan fingerprint density at radius 1 is 1.02 bits per heavy atom. The Kier molecular flexibility index (Phi) is 18.6. The molecule has 3 aromatic heterocycles. The number of rotatable bonds is 11. The Balaban J connectivity index is 0.00000150. The van der Waals surface area contributed by atoms with Gasteiger partial charge in [0.15, 0.2) is 0 Å². The molecule has 6 heterocycles. The third kappa shape index (κ3) is 12.7. The summed E-state index contributed by atoms with van der Waals surface area (Å²) < 4.78 is 1.88. The molecule has 9 N–H and O–H groups in total. The minimum atomic E-state index is -0.326. The van der Waals surface area contributed by atoms with Crippen molar-refractivity contribution in [1.82, 2.24) is 45.6 Å². The van der Waals surface area contributed by atoms with Crippen LogP contribution in [0.2, 0.25) is 0 Å². The van der Waals surface area contributed by atoms with Crippen molar-refractivity contribution in [3.8, 4) is 17.3 Å². The van der Waals surface area contributed by atoms with Crippen LogP contribution in [0.5, 0.6) is 0 Å². The number of allylic oxidation sites excluding steroid dienone is 2. The number of carbonyl (C=O) groups excluding carboxylic acids is 3. The van der Waals surface area contributed by atoms with Crippen LogP contribution >= 0.6 is 12.6 Å². The molecule has 0 saturated carbocycles. The van der Waals surface area contributed by atoms with E-state index in [0.717, 1.165) is 66.1 Å². The summed E-state index contributed by atoms with van der Waals surface area (Å²) in [6, 6.07) is 19.4. The van der Waals surface area contributed by atoms with E-state index in [1.807, 2.05) is 73.4 Å². The number of piperidine rings is 1. The van der Waals surface area contributed by atoms with E-state index >= 15 is 0 Å². The van der Waals surface area contributed by atoms with Crippen LogP contribution in [0.15, 0.2) is 97.5 Å². The van der Waals surface area contributed by atoms with Gasteiger partial charge in [0.2, 0.25) is 17.8 Å². The molecule has 8 rings (SSSR count). The van der Waals surface area contributed by atoms with Gasteiger partial charge in [-0.15, -0.1) is 0 Å². The first kappa shape index (κ1) is 48.5. The van der Waals surface area contributed by atoms with Gasteiger partial charge >= 0.3 is 0 Å². The fourth-order valence-corrected chi connectivity index (χ4v) is 7.08. The maximum atomic E-state index is 12.7. The molecule has 17 heteroatoms. The Morgan fingerprint density at radius 2 is 1.73 bits per heavy atom. The highest BCUT2D eigenvalue weighted by Crippen LogP contribution is 2.31. The second-order valence-corrected chi connectivity index (χ2v) is 15.6. The molecule has 3 amide bonds. The molecule has 3 aliphatic heterocycles. The van der Waals surface area contributed by atoms with Gasteiger partial charge in [-0.2, -0.15) is 28.0 Å². The number of hydrogen-bond donors (Lipinski definition) is 6. The van der Waals surface area contributed by atoms with Gasteiger partial charge in [0.05, 0.1) is 30.3 Å². The fourth-order valence-electron chi connectivity index (χ4n) is 7.08. The van der Waals surface area contributed by atoms with E-state index in [2.05, 4.69) is 84.2 Å². The lowest BCUT2D eigenvalue weighted by molar-refractivity contribution is -0.134. The summed E-state index contributed by atoms with van der Waals surface area (Å²) in [6.07, 6.45) is 17.7. The van der Waals surface area contributed by atoms with E-state index < -0.39 is 0 Å². The summed E-state index contributed by atoms with van der Waals surface area (Å²) in [4.78, 5) is 50.2. The van der Waals surface area contributed by atoms with E-state index in [0.29, 0.717) is 56.1 Å². The highest BCUT2D eigenvalue weighted by molar-refractivity contribution is 7.80. The number of anilines is 2. The second kappa shape index (κ2) is 23.7. The van der Waals surface area contributed by atoms with Crippen LogP contribution < -0.4 is 21.3 Å². The van der Waals surface area contributed by atoms with Gasteiger partial charge < -0.3 is 31.9 Å². The molecular weight excluding hydrogens is 807 g/mol. The van der Waals surface area contributed by atoms with Crippen molar-refractivity contribution in [1.29, 1.82) is 5.26 Å². The molecule has 0 bridgehead atoms. The van der Waals surface area contributed by atoms with Gasteiger partial charge in [0.1, 0.15) is 11.2 Å². The van der Waals surface area contributed by atoms with Gasteiger partial charge in [0, 0.05) is 86.0 Å². The van der Waals surface area contributed by atoms with Gasteiger partial charge in [-0.1, -0.05) is 61.1 Å². The lowest BCUT2D eigenvalue weighted by Gasteiger charge is -2.41. The van der Waals surface area contributed by atoms with Crippen LogP contribution in [0.4, 0.5) is 11.6 Å². The Morgan fingerprint density at radius 3 is 2.37 bits per heavy atom. The first-order valence-electron chi connectivity index (χ1n) is 20.4. The lowest BCUT2D eigenvalue weighted by atomic mass is 9.89. The maximum Gasteiger partial charge on any atom is 0.251 e. The summed E-state index contributed by atoms with van der Waals surface area (Å²) >= 11 is 3.79. The van der Waals surface area contributed by atoms with Crippen LogP contribution in [0.3, 0.4) is 0 Å². The molecule has 336 valence electrons. The molecule has 0 radical (unpaired) electrons. The number of carbonyl (C=O) groups is 3. The smallest absolute Gasteiger partial charge is 0.251 e. The van der Waals surface area contributed by atoms with Crippen LogP contribution in [0.25, 0.3) is 22.3 Å². The van der Waals surface area contributed by atoms with Crippen LogP contribution in [-0.4, -0.2) is 103 Å². The highest BCUT2D eigenvalue weighted by Gasteiger charge is 2.39. The van der Waals surface area contributed by atoms with Gasteiger partial charge in [0.25, 0.3) is 5.91 Å². The molecule has 0 aliphatic carbocycles. The Labute approximate surface area is 373 Å². The van der Waals surface area contributed by atoms with Crippen LogP contribution in [0, 0.1) is 18.3 Å². The summed E-state index contributed by atoms with van der Waals surface area (Å²) in [5, 5.41) is 26.7. The number of nitrogens with zero attached hydrogens (tertiary/aromatic N) is 6. The number of hydrogen-bond acceptors (Lipinski definition) is 11. The predicted molar refractivity (Wildman–Crippen MR) is 254 cm³/mol. The van der Waals surface area contributed by atoms with Crippen molar-refractivity contribution in [3.63, 3.8) is 0 Å². The Hall–Kier alpha value is -6.16. The number of fused-ring (bicyclic) bond motifs is 1. The third-order valence-electron chi connectivity index (χ3n) is 10.5. The molecular formula is C45H65N11O5S. The number of aromatic nitrogens is 5. The fraction of sp³-hybridized carbons (Fsp3) is 0.356. The van der Waals surface area contributed by atoms with Crippen molar-refractivity contribution in [2.24, 2.45) is 0 Å². The third-order valence-corrected chi connectivity index (χ3v) is 10.5. The van der Waals surface area contributed by atoms with Crippen molar-refractivity contribution < 1.29 is 31.0 Å². The second-order valence-electron chi connectivity index (χ2n) is 15.0. The van der Waals surface area contributed by atoms with Crippen molar-refractivity contribution in [3.05, 3.63) is 114 Å². The quantitative estimate of drug-likeness (QED) is 0.0421. The van der Waals surface area contributed by atoms with Crippen LogP contribution in [0.1, 0.15) is 72.1 Å². The van der Waals surface area contributed by atoms with Gasteiger partial charge in [-0.25, -0.2) is 4.98 Å². The SMILES string of the molecule is CCS.Cc1ccc(C2CCC(=O)NC2=O)cc1.N#CCC1(n2cc(-c3nc(Nc4ccc(C(=O)NCCCN5CC=CC/C=C\C5)cc4)nc4[nH]ccc34)cn2)CNC1.O.O.[HH].[HH].[HH].[HH]. The topological polar surface area (TPSA) is 249 Å². The average molecular weight is 872 g/mol. The van der Waals surface area contributed by atoms with E-state index in [1.54, 1.807) is 18.3 Å². The van der Waals surface area contributed by atoms with Crippen molar-refractivity contribution in [2.75, 3.05) is 50.3 Å². The molecule has 1 unspecified atom stereocenters. The van der Waals surface area contributed by atoms with Crippen molar-refractivity contribution >= 4 is 53.0 Å². The highest BCUT2D eigenvalue weighted by atomic mass is 32.1. The first-order chi connectivity index (χ1) is 29.2. The molecule has 2 aromatic carbocycles. The Bertz CT molecular complexity index is 2340. The number of thiol groups is 1. The number of amides is 3. The van der Waals surface area contributed by atoms with Crippen molar-refractivity contribution in [2.45, 2.75) is 57.4 Å². The van der Waals surface area contributed by atoms with E-state index in [-0.39, 0.29) is 45.8 Å². The number of H-pyrrole nitrogens is 1. The molecule has 1 atom stereocenters. The monoisotopic (exact) mass is 871 g/mol. The minimum absolute atomic E-state index is 0. The van der Waals surface area contributed by atoms with Gasteiger partial charge in [-0.05, 0) is 67.8 Å². The van der Waals surface area contributed by atoms with Crippen LogP contribution in [-0.2, 0) is 15.1 Å². The standard InChI is InChI=1S/C31H34N10O.C12H13NO2.C2H6S.2H2O.4H2/c32-13-12-31(21-33-22-31)41-20-24(19-36-41)27-26-11-15-34-28(26)39-30(38-27)37-25-9-7-23(8-10-25)29(42)35-14-6-18-40-16-4-2-1-3-5-17-40;1-8-2-4-9(5-3-8)10-6-7-11(14)13-12(10)15;1-2-3;;;;;;/h2-5,7-11,15,19-20,33H,1,6,12,14,16-18,21-22H2,(H,35,42)(H2,34,37,38,39);2-5,10H,6-7H2,1H3,(H,13,14,15);3H,2H2,1H3;2*1H2;4*1H/b4-2-,5-3?;;;;;;;;. The number of benzene rings is 2. The summed E-state index contributed by atoms with van der Waals surface area (Å²) in [6.45, 7) is 8.86. The number of nitriles is 1. The zero-order chi connectivity index (χ0) is 42.3. The zero-order valence-electron chi connectivity index (χ0n) is 35.2. The molecule has 5 aromatic rings. The number of imide groups is 1. The lowest BCUT2D eigenvalue weighted by Crippen LogP contribution is -2.60. The molecule has 0 spiro atoms. The summed E-state index contributed by atoms with van der Waals surface area (Å²) in [5.74, 6) is 0.783. The molecule has 2 saturated heterocycles. The zero-order valence-corrected chi connectivity index (χ0v) is 36.0. The minimum Gasteiger partial charge on any atom is -0.412 e. The number of aryl methyl sites for hydroxylation is 1. The largest absolute Gasteiger partial charge is 0.412 e. The summed E-state index contributed by atoms with van der Waals surface area (Å²) in [5.41, 5.74) is 5.50. The van der Waals surface area contributed by atoms with E-state index in [4.69, 9.17) is 4.98 Å². The molecule has 3 aliphatic rings. The maximum absolute atomic E-state index is 12.7. The van der Waals surface area contributed by atoms with E-state index in [1.165, 1.54) is 5.56 Å². The number of aromatic amines is 1. The number of nitrogens with one attached hydrogen (secondary N) is 5. The van der Waals surface area contributed by atoms with Gasteiger partial charge in [-0.3, -0.25) is 29.3 Å². The normalized spacial score (nSPS) is 17.0.